The predicted octanol–water partition coefficient (Wildman–Crippen LogP) is 3.58. The third-order valence-electron chi connectivity index (χ3n) is 3.34. The summed E-state index contributed by atoms with van der Waals surface area (Å²) in [6.07, 6.45) is 1.82. The Kier molecular flexibility index (Phi) is 4.48. The number of carboxylic acid groups (broad SMARTS) is 1. The number of carboxylic acids is 1. The van der Waals surface area contributed by atoms with Gasteiger partial charge in [-0.15, -0.1) is 0 Å². The summed E-state index contributed by atoms with van der Waals surface area (Å²) in [6.45, 7) is 2.00. The Hall–Kier alpha value is -2.86. The summed E-state index contributed by atoms with van der Waals surface area (Å²) < 4.78 is 0. The molecule has 0 bridgehead atoms. The van der Waals surface area contributed by atoms with Crippen molar-refractivity contribution in [2.24, 2.45) is 4.99 Å². The maximum absolute atomic E-state index is 12.0. The van der Waals surface area contributed by atoms with E-state index in [4.69, 9.17) is 5.11 Å². The SMILES string of the molecule is Cc1cccc(/C=C2\SC(=Nc3ccc(C(=O)O)cc3)NC2=O)c1. The summed E-state index contributed by atoms with van der Waals surface area (Å²) in [7, 11) is 0. The van der Waals surface area contributed by atoms with Gasteiger partial charge in [0.1, 0.15) is 0 Å². The molecular formula is C18H14N2O3S. The van der Waals surface area contributed by atoms with E-state index in [2.05, 4.69) is 10.3 Å². The van der Waals surface area contributed by atoms with Crippen molar-refractivity contribution in [1.82, 2.24) is 5.32 Å². The number of aryl methyl sites for hydroxylation is 1. The van der Waals surface area contributed by atoms with Gasteiger partial charge in [0.05, 0.1) is 16.2 Å². The van der Waals surface area contributed by atoms with Crippen LogP contribution in [0.25, 0.3) is 6.08 Å². The highest BCUT2D eigenvalue weighted by Gasteiger charge is 2.23. The summed E-state index contributed by atoms with van der Waals surface area (Å²) in [5, 5.41) is 12.1. The molecule has 2 N–H and O–H groups in total. The van der Waals surface area contributed by atoms with E-state index in [1.807, 2.05) is 37.3 Å². The molecule has 0 aromatic heterocycles. The second kappa shape index (κ2) is 6.72. The quantitative estimate of drug-likeness (QED) is 0.838. The number of aromatic carboxylic acids is 1. The van der Waals surface area contributed by atoms with Crippen molar-refractivity contribution in [3.8, 4) is 0 Å². The molecule has 2 aromatic rings. The highest BCUT2D eigenvalue weighted by Crippen LogP contribution is 2.28. The number of hydrogen-bond donors (Lipinski definition) is 2. The van der Waals surface area contributed by atoms with Crippen LogP contribution in [0.4, 0.5) is 5.69 Å². The summed E-state index contributed by atoms with van der Waals surface area (Å²) in [4.78, 5) is 27.8. The molecule has 0 radical (unpaired) electrons. The maximum atomic E-state index is 12.0. The molecule has 2 aromatic carbocycles. The smallest absolute Gasteiger partial charge is 0.335 e. The molecule has 120 valence electrons. The molecular weight excluding hydrogens is 324 g/mol. The van der Waals surface area contributed by atoms with E-state index in [1.54, 1.807) is 12.1 Å². The van der Waals surface area contributed by atoms with Crippen LogP contribution in [0, 0.1) is 6.92 Å². The van der Waals surface area contributed by atoms with Gasteiger partial charge in [0.15, 0.2) is 5.17 Å². The number of benzene rings is 2. The Morgan fingerprint density at radius 1 is 1.21 bits per heavy atom. The van der Waals surface area contributed by atoms with E-state index in [0.29, 0.717) is 15.8 Å². The fourth-order valence-electron chi connectivity index (χ4n) is 2.19. The monoisotopic (exact) mass is 338 g/mol. The van der Waals surface area contributed by atoms with Gasteiger partial charge in [-0.2, -0.15) is 0 Å². The summed E-state index contributed by atoms with van der Waals surface area (Å²) >= 11 is 1.26. The van der Waals surface area contributed by atoms with Crippen LogP contribution in [0.3, 0.4) is 0 Å². The molecule has 1 aliphatic heterocycles. The molecule has 1 aliphatic rings. The third-order valence-corrected chi connectivity index (χ3v) is 4.25. The fraction of sp³-hybridized carbons (Fsp3) is 0.0556. The minimum atomic E-state index is -0.985. The lowest BCUT2D eigenvalue weighted by molar-refractivity contribution is -0.115. The molecule has 1 heterocycles. The first kappa shape index (κ1) is 16.0. The molecule has 0 saturated carbocycles. The number of rotatable bonds is 3. The van der Waals surface area contributed by atoms with Crippen LogP contribution in [0.5, 0.6) is 0 Å². The summed E-state index contributed by atoms with van der Waals surface area (Å²) in [5.74, 6) is -1.18. The van der Waals surface area contributed by atoms with Crippen molar-refractivity contribution in [2.75, 3.05) is 0 Å². The lowest BCUT2D eigenvalue weighted by atomic mass is 10.1. The normalized spacial score (nSPS) is 17.3. The summed E-state index contributed by atoms with van der Waals surface area (Å²) in [6, 6.07) is 14.0. The zero-order chi connectivity index (χ0) is 17.1. The number of thioether (sulfide) groups is 1. The van der Waals surface area contributed by atoms with Crippen molar-refractivity contribution in [1.29, 1.82) is 0 Å². The number of amides is 1. The fourth-order valence-corrected chi connectivity index (χ4v) is 3.03. The molecule has 24 heavy (non-hydrogen) atoms. The molecule has 3 rings (SSSR count). The van der Waals surface area contributed by atoms with Gasteiger partial charge in [0, 0.05) is 0 Å². The minimum Gasteiger partial charge on any atom is -0.478 e. The molecule has 1 fully saturated rings. The Morgan fingerprint density at radius 3 is 2.62 bits per heavy atom. The van der Waals surface area contributed by atoms with Crippen molar-refractivity contribution in [2.45, 2.75) is 6.92 Å². The number of nitrogens with zero attached hydrogens (tertiary/aromatic N) is 1. The zero-order valence-electron chi connectivity index (χ0n) is 12.8. The summed E-state index contributed by atoms with van der Waals surface area (Å²) in [5.41, 5.74) is 2.86. The molecule has 0 atom stereocenters. The van der Waals surface area contributed by atoms with Gasteiger partial charge < -0.3 is 10.4 Å². The van der Waals surface area contributed by atoms with E-state index in [0.717, 1.165) is 11.1 Å². The third kappa shape index (κ3) is 3.72. The lowest BCUT2D eigenvalue weighted by Crippen LogP contribution is -2.19. The Morgan fingerprint density at radius 2 is 1.96 bits per heavy atom. The van der Waals surface area contributed by atoms with Crippen LogP contribution >= 0.6 is 11.8 Å². The van der Waals surface area contributed by atoms with Crippen LogP contribution < -0.4 is 5.32 Å². The number of hydrogen-bond acceptors (Lipinski definition) is 4. The van der Waals surface area contributed by atoms with Crippen molar-refractivity contribution in [3.63, 3.8) is 0 Å². The molecule has 5 nitrogen and oxygen atoms in total. The first-order valence-electron chi connectivity index (χ1n) is 7.21. The van der Waals surface area contributed by atoms with Gasteiger partial charge in [-0.3, -0.25) is 4.79 Å². The lowest BCUT2D eigenvalue weighted by Gasteiger charge is -1.98. The Bertz CT molecular complexity index is 870. The van der Waals surface area contributed by atoms with Gasteiger partial charge in [-0.1, -0.05) is 29.8 Å². The van der Waals surface area contributed by atoms with Crippen molar-refractivity contribution < 1.29 is 14.7 Å². The highest BCUT2D eigenvalue weighted by molar-refractivity contribution is 8.18. The molecule has 1 saturated heterocycles. The molecule has 1 amide bonds. The molecule has 6 heteroatoms. The number of nitrogens with one attached hydrogen (secondary N) is 1. The number of aliphatic imine (C=N–C) groups is 1. The van der Waals surface area contributed by atoms with Crippen LogP contribution in [-0.4, -0.2) is 22.2 Å². The van der Waals surface area contributed by atoms with Gasteiger partial charge in [-0.05, 0) is 54.6 Å². The average Bonchev–Trinajstić information content (AvgIpc) is 2.87. The minimum absolute atomic E-state index is 0.192. The highest BCUT2D eigenvalue weighted by atomic mass is 32.2. The largest absolute Gasteiger partial charge is 0.478 e. The van der Waals surface area contributed by atoms with Crippen LogP contribution in [0.15, 0.2) is 58.4 Å². The van der Waals surface area contributed by atoms with Crippen molar-refractivity contribution >= 4 is 40.6 Å². The van der Waals surface area contributed by atoms with Gasteiger partial charge >= 0.3 is 5.97 Å². The van der Waals surface area contributed by atoms with Crippen molar-refractivity contribution in [3.05, 3.63) is 70.1 Å². The van der Waals surface area contributed by atoms with Crippen LogP contribution in [0.2, 0.25) is 0 Å². The standard InChI is InChI=1S/C18H14N2O3S/c1-11-3-2-4-12(9-11)10-15-16(21)20-18(24-15)19-14-7-5-13(6-8-14)17(22)23/h2-10H,1H3,(H,22,23)(H,19,20,21)/b15-10-. The van der Waals surface area contributed by atoms with E-state index in [-0.39, 0.29) is 11.5 Å². The second-order valence-electron chi connectivity index (χ2n) is 5.25. The van der Waals surface area contributed by atoms with Crippen LogP contribution in [-0.2, 0) is 4.79 Å². The van der Waals surface area contributed by atoms with Gasteiger partial charge in [-0.25, -0.2) is 9.79 Å². The van der Waals surface area contributed by atoms with E-state index in [9.17, 15) is 9.59 Å². The maximum Gasteiger partial charge on any atom is 0.335 e. The Balaban J connectivity index is 1.80. The van der Waals surface area contributed by atoms with Crippen LogP contribution in [0.1, 0.15) is 21.5 Å². The van der Waals surface area contributed by atoms with E-state index in [1.165, 1.54) is 23.9 Å². The molecule has 0 spiro atoms. The second-order valence-corrected chi connectivity index (χ2v) is 6.28. The topological polar surface area (TPSA) is 78.8 Å². The molecule has 0 unspecified atom stereocenters. The first-order chi connectivity index (χ1) is 11.5. The van der Waals surface area contributed by atoms with Gasteiger partial charge in [0.2, 0.25) is 0 Å². The number of carbonyl (C=O) groups excluding carboxylic acids is 1. The predicted molar refractivity (Wildman–Crippen MR) is 95.4 cm³/mol. The van der Waals surface area contributed by atoms with E-state index >= 15 is 0 Å². The number of amidine groups is 1. The zero-order valence-corrected chi connectivity index (χ0v) is 13.6. The Labute approximate surface area is 143 Å². The van der Waals surface area contributed by atoms with E-state index < -0.39 is 5.97 Å². The molecule has 0 aliphatic carbocycles. The average molecular weight is 338 g/mol. The van der Waals surface area contributed by atoms with Gasteiger partial charge in [0.25, 0.3) is 5.91 Å². The first-order valence-corrected chi connectivity index (χ1v) is 8.02. The number of carbonyl (C=O) groups is 2.